The molecule has 0 unspecified atom stereocenters. The molecule has 0 saturated carbocycles. The van der Waals surface area contributed by atoms with Gasteiger partial charge in [-0.25, -0.2) is 0 Å². The fourth-order valence-corrected chi connectivity index (χ4v) is 0.364. The summed E-state index contributed by atoms with van der Waals surface area (Å²) in [6, 6.07) is 1.97. The molecule has 0 atom stereocenters. The standard InChI is InChI=1S/C5H6N.2HI.Ir/c1-5-2-3-6-4-5;;;/h2-3,6H,1H3;2*1H;/q-1;;;+3/p-2. The van der Waals surface area contributed by atoms with Gasteiger partial charge in [-0.3, -0.25) is 0 Å². The molecule has 0 spiro atoms. The topological polar surface area (TPSA) is 15.8 Å². The van der Waals surface area contributed by atoms with Gasteiger partial charge in [0.1, 0.15) is 0 Å². The minimum atomic E-state index is 0. The summed E-state index contributed by atoms with van der Waals surface area (Å²) in [5.74, 6) is 0. The molecule has 1 heterocycles. The van der Waals surface area contributed by atoms with Crippen LogP contribution in [0, 0.1) is 13.1 Å². The molecule has 1 aromatic heterocycles. The molecular formula is C5H6I2IrN. The number of H-pyrrole nitrogens is 1. The van der Waals surface area contributed by atoms with Gasteiger partial charge in [0.05, 0.1) is 0 Å². The van der Waals surface area contributed by atoms with E-state index in [2.05, 4.69) is 11.2 Å². The summed E-state index contributed by atoms with van der Waals surface area (Å²) < 4.78 is 0. The molecule has 9 heavy (non-hydrogen) atoms. The molecule has 1 aromatic rings. The minimum Gasteiger partial charge on any atom is -1.00 e. The van der Waals surface area contributed by atoms with E-state index in [-0.39, 0.29) is 68.1 Å². The quantitative estimate of drug-likeness (QED) is 0.258. The first-order chi connectivity index (χ1) is 2.89. The van der Waals surface area contributed by atoms with E-state index in [1.165, 1.54) is 0 Å². The summed E-state index contributed by atoms with van der Waals surface area (Å²) in [4.78, 5) is 2.80. The Bertz CT molecular complexity index is 119. The number of halogens is 2. The molecule has 0 aliphatic rings. The van der Waals surface area contributed by atoms with Crippen LogP contribution in [0.4, 0.5) is 0 Å². The van der Waals surface area contributed by atoms with E-state index < -0.39 is 0 Å². The van der Waals surface area contributed by atoms with E-state index in [0.29, 0.717) is 0 Å². The van der Waals surface area contributed by atoms with E-state index >= 15 is 0 Å². The molecule has 4 heteroatoms. The SMILES string of the molecule is Cc1[c-][nH]cc1.[I-].[I-].[Ir+3]. The van der Waals surface area contributed by atoms with Crippen LogP contribution >= 0.6 is 0 Å². The number of rotatable bonds is 0. The Hall–Kier alpha value is 1.39. The zero-order valence-electron chi connectivity index (χ0n) is 4.74. The second kappa shape index (κ2) is 9.39. The van der Waals surface area contributed by atoms with Crippen LogP contribution < -0.4 is 48.0 Å². The monoisotopic (exact) mass is 527 g/mol. The first-order valence-corrected chi connectivity index (χ1v) is 1.91. The Morgan fingerprint density at radius 1 is 1.44 bits per heavy atom. The maximum atomic E-state index is 2.88. The fraction of sp³-hybridized carbons (Fsp3) is 0.200. The molecule has 0 saturated heterocycles. The third kappa shape index (κ3) is 7.28. The van der Waals surface area contributed by atoms with Crippen molar-refractivity contribution in [2.24, 2.45) is 0 Å². The molecule has 0 aromatic carbocycles. The van der Waals surface area contributed by atoms with Crippen LogP contribution in [0.2, 0.25) is 0 Å². The van der Waals surface area contributed by atoms with Crippen LogP contribution in [0.25, 0.3) is 0 Å². The van der Waals surface area contributed by atoms with Gasteiger partial charge in [0, 0.05) is 0 Å². The van der Waals surface area contributed by atoms with E-state index in [0.717, 1.165) is 5.56 Å². The molecule has 0 bridgehead atoms. The van der Waals surface area contributed by atoms with E-state index in [4.69, 9.17) is 0 Å². The number of aromatic nitrogens is 1. The van der Waals surface area contributed by atoms with Crippen molar-refractivity contribution >= 4 is 0 Å². The molecule has 0 radical (unpaired) electrons. The number of hydrogen-bond donors (Lipinski definition) is 1. The van der Waals surface area contributed by atoms with Crippen molar-refractivity contribution < 1.29 is 68.1 Å². The number of aromatic amines is 1. The van der Waals surface area contributed by atoms with E-state index in [1.807, 2.05) is 19.2 Å². The van der Waals surface area contributed by atoms with Crippen molar-refractivity contribution in [2.75, 3.05) is 0 Å². The van der Waals surface area contributed by atoms with Crippen molar-refractivity contribution in [1.82, 2.24) is 4.98 Å². The van der Waals surface area contributed by atoms with E-state index in [1.54, 1.807) is 0 Å². The maximum absolute atomic E-state index is 2.88. The Morgan fingerprint density at radius 2 is 2.00 bits per heavy atom. The summed E-state index contributed by atoms with van der Waals surface area (Å²) in [6.45, 7) is 2.00. The van der Waals surface area contributed by atoms with Gasteiger partial charge in [0.2, 0.25) is 0 Å². The molecule has 0 amide bonds. The van der Waals surface area contributed by atoms with Gasteiger partial charge in [-0.15, -0.1) is 6.20 Å². The molecule has 0 aliphatic heterocycles. The summed E-state index contributed by atoms with van der Waals surface area (Å²) in [6.07, 6.45) is 4.73. The number of hydrogen-bond acceptors (Lipinski definition) is 0. The Balaban J connectivity index is -0.000000120. The summed E-state index contributed by atoms with van der Waals surface area (Å²) >= 11 is 0. The molecule has 54 valence electrons. The molecular weight excluding hydrogens is 520 g/mol. The van der Waals surface area contributed by atoms with Crippen molar-refractivity contribution in [3.63, 3.8) is 0 Å². The Labute approximate surface area is 103 Å². The normalized spacial score (nSPS) is 5.89. The maximum Gasteiger partial charge on any atom is 3.00 e. The summed E-state index contributed by atoms with van der Waals surface area (Å²) in [5, 5.41) is 0. The molecule has 0 aliphatic carbocycles. The van der Waals surface area contributed by atoms with Gasteiger partial charge in [0.25, 0.3) is 0 Å². The van der Waals surface area contributed by atoms with Crippen LogP contribution in [0.15, 0.2) is 12.3 Å². The largest absolute Gasteiger partial charge is 3.00 e. The van der Waals surface area contributed by atoms with E-state index in [9.17, 15) is 0 Å². The third-order valence-corrected chi connectivity index (χ3v) is 0.686. The average Bonchev–Trinajstić information content (AvgIpc) is 1.86. The van der Waals surface area contributed by atoms with Gasteiger partial charge < -0.3 is 52.9 Å². The Morgan fingerprint density at radius 3 is 2.11 bits per heavy atom. The van der Waals surface area contributed by atoms with Crippen LogP contribution in [-0.4, -0.2) is 4.98 Å². The third-order valence-electron chi connectivity index (χ3n) is 0.686. The van der Waals surface area contributed by atoms with Crippen molar-refractivity contribution in [1.29, 1.82) is 0 Å². The molecule has 1 nitrogen and oxygen atoms in total. The first kappa shape index (κ1) is 16.8. The number of nitrogens with one attached hydrogen (secondary N) is 1. The van der Waals surface area contributed by atoms with Gasteiger partial charge in [-0.1, -0.05) is 6.92 Å². The summed E-state index contributed by atoms with van der Waals surface area (Å²) in [7, 11) is 0. The van der Waals surface area contributed by atoms with Gasteiger partial charge >= 0.3 is 20.1 Å². The van der Waals surface area contributed by atoms with Crippen molar-refractivity contribution in [3.05, 3.63) is 24.0 Å². The van der Waals surface area contributed by atoms with Crippen LogP contribution in [0.3, 0.4) is 0 Å². The zero-order chi connectivity index (χ0) is 4.41. The van der Waals surface area contributed by atoms with Gasteiger partial charge in [0.15, 0.2) is 0 Å². The minimum absolute atomic E-state index is 0. The molecule has 0 fully saturated rings. The smallest absolute Gasteiger partial charge is 1.00 e. The summed E-state index contributed by atoms with van der Waals surface area (Å²) in [5.41, 5.74) is 1.16. The number of aryl methyl sites for hydroxylation is 1. The average molecular weight is 526 g/mol. The second-order valence-corrected chi connectivity index (χ2v) is 1.29. The Kier molecular flexibility index (Phi) is 17.5. The van der Waals surface area contributed by atoms with Crippen LogP contribution in [0.1, 0.15) is 5.56 Å². The van der Waals surface area contributed by atoms with Crippen LogP contribution in [0.5, 0.6) is 0 Å². The molecule has 1 N–H and O–H groups in total. The zero-order valence-corrected chi connectivity index (χ0v) is 11.5. The van der Waals surface area contributed by atoms with Crippen LogP contribution in [-0.2, 0) is 20.1 Å². The van der Waals surface area contributed by atoms with Gasteiger partial charge in [-0.2, -0.15) is 17.8 Å². The predicted octanol–water partition coefficient (Wildman–Crippen LogP) is -4.87. The fourth-order valence-electron chi connectivity index (χ4n) is 0.364. The van der Waals surface area contributed by atoms with Gasteiger partial charge in [-0.05, 0) is 0 Å². The van der Waals surface area contributed by atoms with Crippen molar-refractivity contribution in [2.45, 2.75) is 6.92 Å². The van der Waals surface area contributed by atoms with Crippen molar-refractivity contribution in [3.8, 4) is 0 Å². The predicted molar refractivity (Wildman–Crippen MR) is 24.4 cm³/mol. The first-order valence-electron chi connectivity index (χ1n) is 1.91. The molecule has 1 rings (SSSR count). The second-order valence-electron chi connectivity index (χ2n) is 1.29.